The summed E-state index contributed by atoms with van der Waals surface area (Å²) in [5, 5.41) is 21.6. The molecule has 2 atom stereocenters. The summed E-state index contributed by atoms with van der Waals surface area (Å²) in [6.07, 6.45) is -5.70. The number of nitrogens with one attached hydrogen (secondary N) is 1. The smallest absolute Gasteiger partial charge is 0.419 e. The number of alkyl halides is 3. The molecule has 0 radical (unpaired) electrons. The number of halogens is 4. The van der Waals surface area contributed by atoms with Crippen molar-refractivity contribution in [2.45, 2.75) is 43.5 Å². The normalized spacial score (nSPS) is 22.9. The van der Waals surface area contributed by atoms with Gasteiger partial charge in [-0.25, -0.2) is 4.68 Å². The lowest BCUT2D eigenvalue weighted by atomic mass is 9.63. The Morgan fingerprint density at radius 2 is 1.84 bits per heavy atom. The molecule has 2 aromatic carbocycles. The first kappa shape index (κ1) is 21.5. The summed E-state index contributed by atoms with van der Waals surface area (Å²) in [5.41, 5.74) is -1.49. The van der Waals surface area contributed by atoms with E-state index >= 15 is 0 Å². The highest BCUT2D eigenvalue weighted by Crippen LogP contribution is 2.55. The number of pyridine rings is 1. The molecule has 2 unspecified atom stereocenters. The Hall–Kier alpha value is -2.71. The largest absolute Gasteiger partial charge is 0.506 e. The zero-order valence-electron chi connectivity index (χ0n) is 16.7. The van der Waals surface area contributed by atoms with Crippen molar-refractivity contribution in [3.63, 3.8) is 0 Å². The molecule has 1 heterocycles. The Kier molecular flexibility index (Phi) is 4.79. The first-order valence-electron chi connectivity index (χ1n) is 9.54. The summed E-state index contributed by atoms with van der Waals surface area (Å²) in [6.45, 7) is 3.10. The van der Waals surface area contributed by atoms with Crippen molar-refractivity contribution in [3.8, 4) is 5.75 Å². The summed E-state index contributed by atoms with van der Waals surface area (Å²) >= 11 is 6.03. The Labute approximate surface area is 180 Å². The van der Waals surface area contributed by atoms with E-state index in [-0.39, 0.29) is 16.3 Å². The van der Waals surface area contributed by atoms with Crippen LogP contribution in [0, 0.1) is 0 Å². The number of phenolic OH excluding ortho intramolecular Hbond substituents is 1. The molecule has 0 spiro atoms. The van der Waals surface area contributed by atoms with E-state index in [2.05, 4.69) is 5.43 Å². The highest BCUT2D eigenvalue weighted by Gasteiger charge is 2.64. The van der Waals surface area contributed by atoms with Crippen molar-refractivity contribution in [2.24, 2.45) is 0 Å². The second-order valence-corrected chi connectivity index (χ2v) is 8.91. The van der Waals surface area contributed by atoms with E-state index < -0.39 is 35.2 Å². The molecular weight excluding hydrogens is 433 g/mol. The van der Waals surface area contributed by atoms with Gasteiger partial charge < -0.3 is 15.6 Å². The monoisotopic (exact) mass is 452 g/mol. The molecule has 3 aromatic rings. The van der Waals surface area contributed by atoms with Gasteiger partial charge in [0.2, 0.25) is 0 Å². The molecule has 0 aliphatic heterocycles. The Balaban J connectivity index is 2.00. The van der Waals surface area contributed by atoms with Crippen LogP contribution in [0.25, 0.3) is 10.9 Å². The van der Waals surface area contributed by atoms with Gasteiger partial charge in [-0.3, -0.25) is 4.79 Å². The Morgan fingerprint density at radius 3 is 2.52 bits per heavy atom. The molecule has 0 saturated carbocycles. The number of para-hydroxylation sites is 1. The molecule has 0 amide bonds. The second-order valence-electron chi connectivity index (χ2n) is 8.50. The van der Waals surface area contributed by atoms with Gasteiger partial charge in [0, 0.05) is 11.5 Å². The minimum Gasteiger partial charge on any atom is -0.506 e. The van der Waals surface area contributed by atoms with Gasteiger partial charge in [0.15, 0.2) is 5.60 Å². The lowest BCUT2D eigenvalue weighted by Gasteiger charge is -2.49. The third-order valence-corrected chi connectivity index (χ3v) is 6.20. The highest BCUT2D eigenvalue weighted by molar-refractivity contribution is 6.32. The molecule has 0 fully saturated rings. The number of aromatic hydroxyl groups is 1. The van der Waals surface area contributed by atoms with Gasteiger partial charge in [-0.1, -0.05) is 43.6 Å². The van der Waals surface area contributed by atoms with Crippen molar-refractivity contribution in [1.82, 2.24) is 4.68 Å². The van der Waals surface area contributed by atoms with Crippen LogP contribution in [-0.2, 0) is 5.41 Å². The average Bonchev–Trinajstić information content (AvgIpc) is 2.67. The second kappa shape index (κ2) is 6.90. The van der Waals surface area contributed by atoms with Crippen LogP contribution >= 0.6 is 11.6 Å². The highest BCUT2D eigenvalue weighted by atomic mass is 35.5. The van der Waals surface area contributed by atoms with Crippen molar-refractivity contribution in [1.29, 1.82) is 0 Å². The first-order valence-corrected chi connectivity index (χ1v) is 9.92. The molecule has 1 aromatic heterocycles. The molecule has 5 nitrogen and oxygen atoms in total. The van der Waals surface area contributed by atoms with Crippen LogP contribution in [0.5, 0.6) is 5.75 Å². The molecular formula is C22H20ClF3N2O3. The van der Waals surface area contributed by atoms with Crippen LogP contribution in [0.2, 0.25) is 5.02 Å². The number of rotatable bonds is 2. The van der Waals surface area contributed by atoms with Gasteiger partial charge in [-0.05, 0) is 47.2 Å². The Bertz CT molecular complexity index is 1240. The van der Waals surface area contributed by atoms with Gasteiger partial charge in [-0.15, -0.1) is 0 Å². The summed E-state index contributed by atoms with van der Waals surface area (Å²) in [7, 11) is 0. The maximum Gasteiger partial charge on any atom is 0.419 e. The zero-order valence-corrected chi connectivity index (χ0v) is 17.4. The number of nitrogens with zero attached hydrogens (tertiary/aromatic N) is 1. The molecule has 1 aliphatic rings. The van der Waals surface area contributed by atoms with Gasteiger partial charge in [0.1, 0.15) is 11.8 Å². The number of fused-ring (bicyclic) bond motifs is 2. The molecule has 31 heavy (non-hydrogen) atoms. The van der Waals surface area contributed by atoms with Crippen LogP contribution in [-0.4, -0.2) is 26.7 Å². The van der Waals surface area contributed by atoms with Gasteiger partial charge >= 0.3 is 6.18 Å². The quantitative estimate of drug-likeness (QED) is 0.530. The third-order valence-electron chi connectivity index (χ3n) is 5.90. The van der Waals surface area contributed by atoms with Crippen molar-refractivity contribution in [2.75, 3.05) is 5.43 Å². The van der Waals surface area contributed by atoms with Crippen molar-refractivity contribution < 1.29 is 23.4 Å². The predicted octanol–water partition coefficient (Wildman–Crippen LogP) is 4.62. The van der Waals surface area contributed by atoms with E-state index in [4.69, 9.17) is 11.6 Å². The van der Waals surface area contributed by atoms with Gasteiger partial charge in [0.25, 0.3) is 5.56 Å². The SMILES string of the molecule is CC1(C)CC(O)(C(F)(F)F)C(Nn2c(=O)ccc3ccccc32)c2cc(Cl)c(O)cc21. The van der Waals surface area contributed by atoms with E-state index in [0.717, 1.165) is 4.68 Å². The van der Waals surface area contributed by atoms with Crippen LogP contribution in [0.1, 0.15) is 37.4 Å². The van der Waals surface area contributed by atoms with Crippen molar-refractivity contribution in [3.05, 3.63) is 75.0 Å². The predicted molar refractivity (Wildman–Crippen MR) is 112 cm³/mol. The Morgan fingerprint density at radius 1 is 1.16 bits per heavy atom. The summed E-state index contributed by atoms with van der Waals surface area (Å²) in [6, 6.07) is 10.3. The van der Waals surface area contributed by atoms with Crippen LogP contribution in [0.3, 0.4) is 0 Å². The molecule has 4 rings (SSSR count). The molecule has 1 aliphatic carbocycles. The van der Waals surface area contributed by atoms with Gasteiger partial charge in [-0.2, -0.15) is 13.2 Å². The topological polar surface area (TPSA) is 74.5 Å². The number of phenols is 1. The molecule has 164 valence electrons. The number of aromatic nitrogens is 1. The van der Waals surface area contributed by atoms with E-state index in [9.17, 15) is 28.2 Å². The number of aliphatic hydroxyl groups is 1. The van der Waals surface area contributed by atoms with E-state index in [1.54, 1.807) is 44.2 Å². The summed E-state index contributed by atoms with van der Waals surface area (Å²) in [4.78, 5) is 12.6. The minimum absolute atomic E-state index is 0.0544. The van der Waals surface area contributed by atoms with Crippen LogP contribution in [0.15, 0.2) is 53.3 Å². The van der Waals surface area contributed by atoms with Gasteiger partial charge in [0.05, 0.1) is 10.5 Å². The zero-order chi connectivity index (χ0) is 22.8. The number of benzene rings is 2. The lowest BCUT2D eigenvalue weighted by molar-refractivity contribution is -0.276. The fourth-order valence-electron chi connectivity index (χ4n) is 4.42. The minimum atomic E-state index is -5.02. The maximum atomic E-state index is 14.3. The summed E-state index contributed by atoms with van der Waals surface area (Å²) in [5.74, 6) is -0.271. The van der Waals surface area contributed by atoms with Crippen LogP contribution < -0.4 is 11.0 Å². The fraction of sp³-hybridized carbons (Fsp3) is 0.318. The molecule has 3 N–H and O–H groups in total. The summed E-state index contributed by atoms with van der Waals surface area (Å²) < 4.78 is 43.8. The first-order chi connectivity index (χ1) is 14.3. The number of hydrogen-bond donors (Lipinski definition) is 3. The number of hydrogen-bond acceptors (Lipinski definition) is 4. The van der Waals surface area contributed by atoms with Crippen LogP contribution in [0.4, 0.5) is 13.2 Å². The van der Waals surface area contributed by atoms with E-state index in [1.807, 2.05) is 0 Å². The van der Waals surface area contributed by atoms with Crippen molar-refractivity contribution >= 4 is 22.5 Å². The third kappa shape index (κ3) is 3.34. The maximum absolute atomic E-state index is 14.3. The van der Waals surface area contributed by atoms with E-state index in [0.29, 0.717) is 16.5 Å². The molecule has 0 saturated heterocycles. The fourth-order valence-corrected chi connectivity index (χ4v) is 4.59. The lowest BCUT2D eigenvalue weighted by Crippen LogP contribution is -2.60. The average molecular weight is 453 g/mol. The molecule has 9 heteroatoms. The standard InChI is InChI=1S/C22H20ClF3N2O3/c1-20(2)11-21(31,22(24,25)26)19(13-9-15(23)17(29)10-14(13)20)27-28-16-6-4-3-5-12(16)7-8-18(28)30/h3-10,19,27,29,31H,11H2,1-2H3. The van der Waals surface area contributed by atoms with E-state index in [1.165, 1.54) is 18.2 Å². The molecule has 0 bridgehead atoms.